The SMILES string of the molecule is CCCCNC(=NCc1ccc(C)cc1)NCc1scnc1C.I. The minimum Gasteiger partial charge on any atom is -0.356 e. The summed E-state index contributed by atoms with van der Waals surface area (Å²) in [5.74, 6) is 0.867. The highest BCUT2D eigenvalue weighted by molar-refractivity contribution is 14.0. The Morgan fingerprint density at radius 3 is 2.54 bits per heavy atom. The summed E-state index contributed by atoms with van der Waals surface area (Å²) in [6.45, 7) is 8.73. The van der Waals surface area contributed by atoms with Gasteiger partial charge in [-0.05, 0) is 25.8 Å². The number of aliphatic imine (C=N–C) groups is 1. The van der Waals surface area contributed by atoms with Crippen molar-refractivity contribution in [1.29, 1.82) is 0 Å². The lowest BCUT2D eigenvalue weighted by atomic mass is 10.1. The molecular weight excluding hydrogens is 431 g/mol. The van der Waals surface area contributed by atoms with Gasteiger partial charge in [-0.25, -0.2) is 9.98 Å². The smallest absolute Gasteiger partial charge is 0.191 e. The number of aryl methyl sites for hydroxylation is 2. The monoisotopic (exact) mass is 458 g/mol. The summed E-state index contributed by atoms with van der Waals surface area (Å²) in [5, 5.41) is 6.82. The van der Waals surface area contributed by atoms with Crippen molar-refractivity contribution in [3.8, 4) is 0 Å². The van der Waals surface area contributed by atoms with Crippen molar-refractivity contribution in [2.24, 2.45) is 4.99 Å². The molecular formula is C18H27IN4S. The zero-order valence-corrected chi connectivity index (χ0v) is 17.8. The van der Waals surface area contributed by atoms with Gasteiger partial charge in [0, 0.05) is 11.4 Å². The molecule has 0 atom stereocenters. The predicted molar refractivity (Wildman–Crippen MR) is 114 cm³/mol. The number of nitrogens with zero attached hydrogens (tertiary/aromatic N) is 2. The summed E-state index contributed by atoms with van der Waals surface area (Å²) in [6.07, 6.45) is 2.32. The van der Waals surface area contributed by atoms with E-state index in [0.29, 0.717) is 6.54 Å². The van der Waals surface area contributed by atoms with Crippen LogP contribution in [0.2, 0.25) is 0 Å². The Morgan fingerprint density at radius 1 is 1.17 bits per heavy atom. The second kappa shape index (κ2) is 11.4. The number of hydrogen-bond acceptors (Lipinski definition) is 3. The van der Waals surface area contributed by atoms with Gasteiger partial charge in [-0.1, -0.05) is 43.2 Å². The molecule has 24 heavy (non-hydrogen) atoms. The number of hydrogen-bond donors (Lipinski definition) is 2. The third-order valence-corrected chi connectivity index (χ3v) is 4.56. The van der Waals surface area contributed by atoms with E-state index in [2.05, 4.69) is 53.7 Å². The fraction of sp³-hybridized carbons (Fsp3) is 0.444. The van der Waals surface area contributed by atoms with Crippen molar-refractivity contribution in [2.75, 3.05) is 6.54 Å². The Labute approximate surface area is 166 Å². The van der Waals surface area contributed by atoms with Crippen molar-refractivity contribution >= 4 is 41.3 Å². The molecule has 6 heteroatoms. The third kappa shape index (κ3) is 7.17. The van der Waals surface area contributed by atoms with Gasteiger partial charge in [0.25, 0.3) is 0 Å². The number of unbranched alkanes of at least 4 members (excludes halogenated alkanes) is 1. The zero-order valence-electron chi connectivity index (χ0n) is 14.6. The van der Waals surface area contributed by atoms with Gasteiger partial charge < -0.3 is 10.6 Å². The summed E-state index contributed by atoms with van der Waals surface area (Å²) in [4.78, 5) is 10.2. The Hall–Kier alpha value is -1.15. The summed E-state index contributed by atoms with van der Waals surface area (Å²) in [6, 6.07) is 8.53. The largest absolute Gasteiger partial charge is 0.356 e. The fourth-order valence-corrected chi connectivity index (χ4v) is 2.80. The molecule has 1 heterocycles. The molecule has 2 rings (SSSR count). The Balaban J connectivity index is 0.00000288. The van der Waals surface area contributed by atoms with Gasteiger partial charge in [0.15, 0.2) is 5.96 Å². The number of benzene rings is 1. The maximum absolute atomic E-state index is 4.70. The van der Waals surface area contributed by atoms with Crippen LogP contribution in [0.5, 0.6) is 0 Å². The standard InChI is InChI=1S/C18H26N4S.HI/c1-4-5-10-19-18(21-12-17-15(3)22-13-23-17)20-11-16-8-6-14(2)7-9-16;/h6-9,13H,4-5,10-12H2,1-3H3,(H2,19,20,21);1H. The molecule has 0 aliphatic rings. The van der Waals surface area contributed by atoms with Gasteiger partial charge in [0.05, 0.1) is 24.3 Å². The second-order valence-corrected chi connectivity index (χ2v) is 6.58. The molecule has 0 bridgehead atoms. The molecule has 0 aliphatic carbocycles. The van der Waals surface area contributed by atoms with Crippen LogP contribution >= 0.6 is 35.3 Å². The van der Waals surface area contributed by atoms with Crippen molar-refractivity contribution in [1.82, 2.24) is 15.6 Å². The van der Waals surface area contributed by atoms with Crippen LogP contribution < -0.4 is 10.6 Å². The lowest BCUT2D eigenvalue weighted by Crippen LogP contribution is -2.37. The first-order chi connectivity index (χ1) is 11.2. The van der Waals surface area contributed by atoms with Crippen molar-refractivity contribution in [3.05, 3.63) is 51.5 Å². The van der Waals surface area contributed by atoms with Crippen LogP contribution in [0.1, 0.15) is 41.5 Å². The van der Waals surface area contributed by atoms with E-state index in [1.54, 1.807) is 11.3 Å². The maximum Gasteiger partial charge on any atom is 0.191 e. The first-order valence-corrected chi connectivity index (χ1v) is 9.03. The van der Waals surface area contributed by atoms with Crippen LogP contribution in [0.15, 0.2) is 34.8 Å². The minimum absolute atomic E-state index is 0. The van der Waals surface area contributed by atoms with Crippen LogP contribution in [-0.4, -0.2) is 17.5 Å². The van der Waals surface area contributed by atoms with Crippen molar-refractivity contribution in [2.45, 2.75) is 46.7 Å². The number of halogens is 1. The summed E-state index contributed by atoms with van der Waals surface area (Å²) in [5.41, 5.74) is 5.48. The molecule has 2 N–H and O–H groups in total. The number of aromatic nitrogens is 1. The third-order valence-electron chi connectivity index (χ3n) is 3.62. The van der Waals surface area contributed by atoms with E-state index in [0.717, 1.165) is 31.2 Å². The van der Waals surface area contributed by atoms with Gasteiger partial charge in [0.2, 0.25) is 0 Å². The van der Waals surface area contributed by atoms with Gasteiger partial charge in [-0.3, -0.25) is 0 Å². The molecule has 0 unspecified atom stereocenters. The molecule has 0 fully saturated rings. The zero-order chi connectivity index (χ0) is 16.5. The molecule has 0 amide bonds. The average Bonchev–Trinajstić information content (AvgIpc) is 2.96. The average molecular weight is 458 g/mol. The van der Waals surface area contributed by atoms with E-state index in [-0.39, 0.29) is 24.0 Å². The van der Waals surface area contributed by atoms with Crippen molar-refractivity contribution < 1.29 is 0 Å². The molecule has 132 valence electrons. The highest BCUT2D eigenvalue weighted by Gasteiger charge is 2.03. The number of guanidine groups is 1. The van der Waals surface area contributed by atoms with Crippen molar-refractivity contribution in [3.63, 3.8) is 0 Å². The highest BCUT2D eigenvalue weighted by Crippen LogP contribution is 2.11. The van der Waals surface area contributed by atoms with Gasteiger partial charge in [-0.15, -0.1) is 35.3 Å². The predicted octanol–water partition coefficient (Wildman–Crippen LogP) is 4.41. The summed E-state index contributed by atoms with van der Waals surface area (Å²) in [7, 11) is 0. The maximum atomic E-state index is 4.70. The Bertz CT molecular complexity index is 622. The first-order valence-electron chi connectivity index (χ1n) is 8.15. The first kappa shape index (κ1) is 20.9. The normalized spacial score (nSPS) is 11.0. The van der Waals surface area contributed by atoms with Crippen LogP contribution in [0.25, 0.3) is 0 Å². The van der Waals surface area contributed by atoms with Gasteiger partial charge >= 0.3 is 0 Å². The molecule has 1 aromatic carbocycles. The van der Waals surface area contributed by atoms with Crippen LogP contribution in [0, 0.1) is 13.8 Å². The Kier molecular flexibility index (Phi) is 9.94. The lowest BCUT2D eigenvalue weighted by molar-refractivity contribution is 0.725. The second-order valence-electron chi connectivity index (χ2n) is 5.65. The number of thiazole rings is 1. The van der Waals surface area contributed by atoms with Crippen LogP contribution in [-0.2, 0) is 13.1 Å². The minimum atomic E-state index is 0. The topological polar surface area (TPSA) is 49.3 Å². The van der Waals surface area contributed by atoms with E-state index in [1.807, 2.05) is 12.4 Å². The molecule has 4 nitrogen and oxygen atoms in total. The van der Waals surface area contributed by atoms with Gasteiger partial charge in [0.1, 0.15) is 0 Å². The van der Waals surface area contributed by atoms with E-state index in [9.17, 15) is 0 Å². The van der Waals surface area contributed by atoms with Gasteiger partial charge in [-0.2, -0.15) is 0 Å². The van der Waals surface area contributed by atoms with Crippen LogP contribution in [0.4, 0.5) is 0 Å². The molecule has 0 saturated heterocycles. The molecule has 0 radical (unpaired) electrons. The van der Waals surface area contributed by atoms with Crippen LogP contribution in [0.3, 0.4) is 0 Å². The molecule has 0 aliphatic heterocycles. The summed E-state index contributed by atoms with van der Waals surface area (Å²) >= 11 is 1.68. The molecule has 0 spiro atoms. The van der Waals surface area contributed by atoms with E-state index in [4.69, 9.17) is 4.99 Å². The molecule has 2 aromatic rings. The highest BCUT2D eigenvalue weighted by atomic mass is 127. The Morgan fingerprint density at radius 2 is 1.92 bits per heavy atom. The van der Waals surface area contributed by atoms with E-state index < -0.39 is 0 Å². The van der Waals surface area contributed by atoms with E-state index in [1.165, 1.54) is 22.4 Å². The summed E-state index contributed by atoms with van der Waals surface area (Å²) < 4.78 is 0. The number of nitrogens with one attached hydrogen (secondary N) is 2. The fourth-order valence-electron chi connectivity index (χ4n) is 2.08. The molecule has 0 saturated carbocycles. The quantitative estimate of drug-likeness (QED) is 0.280. The molecule has 1 aromatic heterocycles. The lowest BCUT2D eigenvalue weighted by Gasteiger charge is -2.12. The van der Waals surface area contributed by atoms with E-state index >= 15 is 0 Å². The number of rotatable bonds is 7.